The predicted molar refractivity (Wildman–Crippen MR) is 121 cm³/mol. The van der Waals surface area contributed by atoms with Crippen LogP contribution < -0.4 is 0 Å². The zero-order valence-electron chi connectivity index (χ0n) is 18.3. The van der Waals surface area contributed by atoms with E-state index in [-0.39, 0.29) is 11.3 Å². The highest BCUT2D eigenvalue weighted by Crippen LogP contribution is 2.43. The Hall–Kier alpha value is -1.91. The fourth-order valence-electron chi connectivity index (χ4n) is 4.31. The summed E-state index contributed by atoms with van der Waals surface area (Å²) in [6.07, 6.45) is 1.50. The Morgan fingerprint density at radius 1 is 1.07 bits per heavy atom. The second-order valence-corrected chi connectivity index (χ2v) is 10.0. The SMILES string of the molecule is CCCC(C(O)C(C)(C)c1ccc(Cl)cc1-n1nnc2ccccc21)C(C)(C)C. The first kappa shape index (κ1) is 21.8. The summed E-state index contributed by atoms with van der Waals surface area (Å²) in [4.78, 5) is 0. The zero-order valence-corrected chi connectivity index (χ0v) is 19.0. The minimum absolute atomic E-state index is 0.000756. The second-order valence-electron chi connectivity index (χ2n) is 9.58. The van der Waals surface area contributed by atoms with Gasteiger partial charge in [-0.3, -0.25) is 0 Å². The first-order valence-corrected chi connectivity index (χ1v) is 10.7. The number of hydrogen-bond donors (Lipinski definition) is 1. The van der Waals surface area contributed by atoms with Crippen LogP contribution in [0.25, 0.3) is 16.7 Å². The van der Waals surface area contributed by atoms with Crippen LogP contribution in [0, 0.1) is 11.3 Å². The molecule has 156 valence electrons. The van der Waals surface area contributed by atoms with Gasteiger partial charge in [0.25, 0.3) is 0 Å². The normalized spacial score (nSPS) is 14.9. The van der Waals surface area contributed by atoms with E-state index in [1.807, 2.05) is 47.1 Å². The number of aliphatic hydroxyl groups excluding tert-OH is 1. The standard InChI is InChI=1S/C24H32ClN3O/c1-7-10-18(23(2,3)4)22(29)24(5,6)17-14-13-16(25)15-21(17)28-20-12-9-8-11-19(20)26-27-28/h8-9,11-15,18,22,29H,7,10H2,1-6H3. The molecule has 0 radical (unpaired) electrons. The number of rotatable bonds is 6. The Bertz CT molecular complexity index is 987. The number of halogens is 1. The average molecular weight is 414 g/mol. The van der Waals surface area contributed by atoms with E-state index in [9.17, 15) is 5.11 Å². The van der Waals surface area contributed by atoms with Crippen LogP contribution in [0.5, 0.6) is 0 Å². The lowest BCUT2D eigenvalue weighted by Crippen LogP contribution is -2.45. The molecule has 1 aromatic heterocycles. The molecule has 3 aromatic rings. The van der Waals surface area contributed by atoms with Crippen LogP contribution in [-0.2, 0) is 5.41 Å². The molecule has 2 unspecified atom stereocenters. The first-order valence-electron chi connectivity index (χ1n) is 10.4. The van der Waals surface area contributed by atoms with Gasteiger partial charge in [-0.25, -0.2) is 4.68 Å². The summed E-state index contributed by atoms with van der Waals surface area (Å²) >= 11 is 6.38. The van der Waals surface area contributed by atoms with Crippen LogP contribution >= 0.6 is 11.6 Å². The maximum Gasteiger partial charge on any atom is 0.113 e. The molecule has 0 saturated heterocycles. The van der Waals surface area contributed by atoms with Crippen molar-refractivity contribution >= 4 is 22.6 Å². The van der Waals surface area contributed by atoms with E-state index in [0.717, 1.165) is 35.1 Å². The highest BCUT2D eigenvalue weighted by Gasteiger charge is 2.41. The Morgan fingerprint density at radius 3 is 2.41 bits per heavy atom. The van der Waals surface area contributed by atoms with Gasteiger partial charge in [-0.15, -0.1) is 5.10 Å². The third-order valence-corrected chi connectivity index (χ3v) is 6.30. The molecule has 0 fully saturated rings. The quantitative estimate of drug-likeness (QED) is 0.525. The highest BCUT2D eigenvalue weighted by atomic mass is 35.5. The number of nitrogens with zero attached hydrogens (tertiary/aromatic N) is 3. The molecule has 0 aliphatic heterocycles. The van der Waals surface area contributed by atoms with Gasteiger partial charge in [0.05, 0.1) is 17.3 Å². The molecule has 0 spiro atoms. The van der Waals surface area contributed by atoms with Gasteiger partial charge >= 0.3 is 0 Å². The molecule has 4 nitrogen and oxygen atoms in total. The molecule has 2 aromatic carbocycles. The van der Waals surface area contributed by atoms with E-state index >= 15 is 0 Å². The van der Waals surface area contributed by atoms with Gasteiger partial charge in [-0.05, 0) is 47.6 Å². The average Bonchev–Trinajstić information content (AvgIpc) is 3.08. The summed E-state index contributed by atoms with van der Waals surface area (Å²) in [5.74, 6) is 0.165. The molecule has 0 amide bonds. The summed E-state index contributed by atoms with van der Waals surface area (Å²) in [5.41, 5.74) is 3.12. The fraction of sp³-hybridized carbons (Fsp3) is 0.500. The van der Waals surface area contributed by atoms with Crippen molar-refractivity contribution in [1.82, 2.24) is 15.0 Å². The largest absolute Gasteiger partial charge is 0.392 e. The minimum Gasteiger partial charge on any atom is -0.392 e. The lowest BCUT2D eigenvalue weighted by molar-refractivity contribution is -0.0104. The van der Waals surface area contributed by atoms with Crippen LogP contribution in [0.2, 0.25) is 5.02 Å². The smallest absolute Gasteiger partial charge is 0.113 e. The molecule has 29 heavy (non-hydrogen) atoms. The third-order valence-electron chi connectivity index (χ3n) is 6.07. The van der Waals surface area contributed by atoms with Crippen molar-refractivity contribution in [2.75, 3.05) is 0 Å². The third kappa shape index (κ3) is 4.19. The van der Waals surface area contributed by atoms with Crippen LogP contribution in [0.3, 0.4) is 0 Å². The number of para-hydroxylation sites is 1. The monoisotopic (exact) mass is 413 g/mol. The van der Waals surface area contributed by atoms with Gasteiger partial charge in [-0.2, -0.15) is 0 Å². The summed E-state index contributed by atoms with van der Waals surface area (Å²) < 4.78 is 1.83. The lowest BCUT2D eigenvalue weighted by Gasteiger charge is -2.43. The number of hydrogen-bond acceptors (Lipinski definition) is 3. The number of aliphatic hydroxyl groups is 1. The number of benzene rings is 2. The van der Waals surface area contributed by atoms with E-state index in [1.54, 1.807) is 0 Å². The van der Waals surface area contributed by atoms with Gasteiger partial charge in [0.15, 0.2) is 0 Å². The Labute approximate surface area is 178 Å². The van der Waals surface area contributed by atoms with E-state index in [0.29, 0.717) is 5.02 Å². The molecule has 5 heteroatoms. The van der Waals surface area contributed by atoms with E-state index in [2.05, 4.69) is 51.9 Å². The molecule has 3 rings (SSSR count). The number of aromatic nitrogens is 3. The molecule has 1 N–H and O–H groups in total. The summed E-state index contributed by atoms with van der Waals surface area (Å²) in [7, 11) is 0. The van der Waals surface area contributed by atoms with Crippen molar-refractivity contribution < 1.29 is 5.11 Å². The van der Waals surface area contributed by atoms with Crippen molar-refractivity contribution in [3.8, 4) is 5.69 Å². The maximum atomic E-state index is 11.6. The van der Waals surface area contributed by atoms with Crippen molar-refractivity contribution in [2.45, 2.75) is 65.9 Å². The van der Waals surface area contributed by atoms with Crippen molar-refractivity contribution in [1.29, 1.82) is 0 Å². The topological polar surface area (TPSA) is 50.9 Å². The van der Waals surface area contributed by atoms with E-state index in [4.69, 9.17) is 11.6 Å². The summed E-state index contributed by atoms with van der Waals surface area (Å²) in [6, 6.07) is 13.7. The van der Waals surface area contributed by atoms with Crippen LogP contribution in [0.4, 0.5) is 0 Å². The lowest BCUT2D eigenvalue weighted by atomic mass is 9.65. The Kier molecular flexibility index (Phi) is 6.07. The predicted octanol–water partition coefficient (Wildman–Crippen LogP) is 6.17. The summed E-state index contributed by atoms with van der Waals surface area (Å²) in [6.45, 7) is 13.0. The van der Waals surface area contributed by atoms with E-state index < -0.39 is 11.5 Å². The first-order chi connectivity index (χ1) is 13.6. The van der Waals surface area contributed by atoms with E-state index in [1.165, 1.54) is 0 Å². The van der Waals surface area contributed by atoms with Gasteiger partial charge in [0.1, 0.15) is 5.52 Å². The second kappa shape index (κ2) is 8.08. The van der Waals surface area contributed by atoms with Gasteiger partial charge in [-0.1, -0.05) is 83.0 Å². The maximum absolute atomic E-state index is 11.6. The molecule has 0 bridgehead atoms. The molecule has 0 aliphatic carbocycles. The summed E-state index contributed by atoms with van der Waals surface area (Å²) in [5, 5.41) is 20.9. The van der Waals surface area contributed by atoms with Crippen LogP contribution in [-0.4, -0.2) is 26.2 Å². The Balaban J connectivity index is 2.15. The van der Waals surface area contributed by atoms with Crippen molar-refractivity contribution in [2.24, 2.45) is 11.3 Å². The molecular formula is C24H32ClN3O. The molecular weight excluding hydrogens is 382 g/mol. The highest BCUT2D eigenvalue weighted by molar-refractivity contribution is 6.30. The van der Waals surface area contributed by atoms with Gasteiger partial charge in [0, 0.05) is 10.4 Å². The fourth-order valence-corrected chi connectivity index (χ4v) is 4.48. The van der Waals surface area contributed by atoms with Gasteiger partial charge in [0.2, 0.25) is 0 Å². The van der Waals surface area contributed by atoms with Crippen LogP contribution in [0.1, 0.15) is 59.9 Å². The molecule has 0 saturated carbocycles. The van der Waals surface area contributed by atoms with Crippen LogP contribution in [0.15, 0.2) is 42.5 Å². The number of fused-ring (bicyclic) bond motifs is 1. The minimum atomic E-state index is -0.517. The zero-order chi connectivity index (χ0) is 21.4. The van der Waals surface area contributed by atoms with Gasteiger partial charge < -0.3 is 5.11 Å². The van der Waals surface area contributed by atoms with Crippen molar-refractivity contribution in [3.63, 3.8) is 0 Å². The Morgan fingerprint density at radius 2 is 1.76 bits per heavy atom. The molecule has 0 aliphatic rings. The molecule has 1 heterocycles. The van der Waals surface area contributed by atoms with Crippen molar-refractivity contribution in [3.05, 3.63) is 53.1 Å². The molecule has 2 atom stereocenters.